The summed E-state index contributed by atoms with van der Waals surface area (Å²) in [5.41, 5.74) is 1.89. The summed E-state index contributed by atoms with van der Waals surface area (Å²) in [6.07, 6.45) is 3.20. The van der Waals surface area contributed by atoms with Gasteiger partial charge in [0.1, 0.15) is 11.9 Å². The van der Waals surface area contributed by atoms with Crippen LogP contribution in [0, 0.1) is 12.7 Å². The van der Waals surface area contributed by atoms with Gasteiger partial charge in [0.15, 0.2) is 0 Å². The molecule has 1 unspecified atom stereocenters. The molecule has 2 heterocycles. The molecule has 0 aliphatic rings. The first kappa shape index (κ1) is 10.7. The molecule has 0 aromatic carbocycles. The van der Waals surface area contributed by atoms with E-state index >= 15 is 0 Å². The average Bonchev–Trinajstić information content (AvgIpc) is 2.28. The predicted molar refractivity (Wildman–Crippen MR) is 57.2 cm³/mol. The highest BCUT2D eigenvalue weighted by Gasteiger charge is 2.12. The molecule has 0 aliphatic carbocycles. The van der Waals surface area contributed by atoms with E-state index in [-0.39, 0.29) is 0 Å². The van der Waals surface area contributed by atoms with Crippen LogP contribution in [0.5, 0.6) is 0 Å². The van der Waals surface area contributed by atoms with Gasteiger partial charge in [-0.05, 0) is 30.7 Å². The highest BCUT2D eigenvalue weighted by atomic mass is 19.1. The van der Waals surface area contributed by atoms with Crippen LogP contribution in [0.4, 0.5) is 4.39 Å². The van der Waals surface area contributed by atoms with E-state index in [2.05, 4.69) is 9.97 Å². The van der Waals surface area contributed by atoms with Crippen molar-refractivity contribution in [2.45, 2.75) is 13.0 Å². The molecule has 4 heteroatoms. The molecule has 0 radical (unpaired) electrons. The fourth-order valence-corrected chi connectivity index (χ4v) is 1.46. The molecule has 2 rings (SSSR count). The van der Waals surface area contributed by atoms with E-state index in [4.69, 9.17) is 0 Å². The van der Waals surface area contributed by atoms with Crippen molar-refractivity contribution in [3.05, 3.63) is 59.4 Å². The third kappa shape index (κ3) is 2.23. The Hall–Kier alpha value is -1.81. The Balaban J connectivity index is 2.35. The van der Waals surface area contributed by atoms with Crippen LogP contribution in [-0.4, -0.2) is 15.1 Å². The molecule has 0 saturated carbocycles. The second-order valence-electron chi connectivity index (χ2n) is 3.60. The second-order valence-corrected chi connectivity index (χ2v) is 3.60. The molecule has 0 saturated heterocycles. The Kier molecular flexibility index (Phi) is 2.92. The van der Waals surface area contributed by atoms with E-state index in [1.54, 1.807) is 12.3 Å². The van der Waals surface area contributed by atoms with Crippen molar-refractivity contribution < 1.29 is 9.50 Å². The summed E-state index contributed by atoms with van der Waals surface area (Å²) in [6.45, 7) is 1.90. The van der Waals surface area contributed by atoms with Crippen molar-refractivity contribution in [2.75, 3.05) is 0 Å². The van der Waals surface area contributed by atoms with Gasteiger partial charge in [-0.3, -0.25) is 9.97 Å². The van der Waals surface area contributed by atoms with Gasteiger partial charge in [0.05, 0.1) is 11.9 Å². The van der Waals surface area contributed by atoms with Crippen LogP contribution in [0.25, 0.3) is 0 Å². The second kappa shape index (κ2) is 4.37. The number of hydrogen-bond acceptors (Lipinski definition) is 3. The van der Waals surface area contributed by atoms with Gasteiger partial charge in [-0.1, -0.05) is 0 Å². The molecule has 3 nitrogen and oxygen atoms in total. The molecule has 0 amide bonds. The molecule has 2 aromatic heterocycles. The number of aromatic nitrogens is 2. The van der Waals surface area contributed by atoms with Gasteiger partial charge in [0, 0.05) is 18.0 Å². The molecule has 0 spiro atoms. The van der Waals surface area contributed by atoms with Crippen molar-refractivity contribution in [1.29, 1.82) is 0 Å². The lowest BCUT2D eigenvalue weighted by Gasteiger charge is -2.10. The average molecular weight is 218 g/mol. The molecule has 0 aliphatic heterocycles. The fraction of sp³-hybridized carbons (Fsp3) is 0.167. The summed E-state index contributed by atoms with van der Waals surface area (Å²) in [6, 6.07) is 4.84. The standard InChI is InChI=1S/C12H11FN2O/c1-8-2-3-15-11(4-8)12(16)9-5-10(13)7-14-6-9/h2-7,12,16H,1H3. The summed E-state index contributed by atoms with van der Waals surface area (Å²) in [7, 11) is 0. The molecule has 16 heavy (non-hydrogen) atoms. The maximum atomic E-state index is 12.9. The SMILES string of the molecule is Cc1ccnc(C(O)c2cncc(F)c2)c1. The molecule has 1 N–H and O–H groups in total. The van der Waals surface area contributed by atoms with Gasteiger partial charge in [-0.25, -0.2) is 4.39 Å². The molecular weight excluding hydrogens is 207 g/mol. The van der Waals surface area contributed by atoms with Crippen LogP contribution in [0.3, 0.4) is 0 Å². The zero-order valence-corrected chi connectivity index (χ0v) is 8.76. The van der Waals surface area contributed by atoms with Gasteiger partial charge in [-0.15, -0.1) is 0 Å². The minimum Gasteiger partial charge on any atom is -0.382 e. The number of rotatable bonds is 2. The summed E-state index contributed by atoms with van der Waals surface area (Å²) < 4.78 is 12.9. The summed E-state index contributed by atoms with van der Waals surface area (Å²) in [5.74, 6) is -0.468. The Morgan fingerprint density at radius 3 is 2.81 bits per heavy atom. The van der Waals surface area contributed by atoms with E-state index < -0.39 is 11.9 Å². The van der Waals surface area contributed by atoms with E-state index in [0.717, 1.165) is 11.8 Å². The largest absolute Gasteiger partial charge is 0.382 e. The van der Waals surface area contributed by atoms with Crippen molar-refractivity contribution >= 4 is 0 Å². The minimum absolute atomic E-state index is 0.401. The van der Waals surface area contributed by atoms with Crippen LogP contribution in [0.1, 0.15) is 22.9 Å². The first-order chi connectivity index (χ1) is 7.66. The quantitative estimate of drug-likeness (QED) is 0.838. The molecule has 0 fully saturated rings. The third-order valence-electron chi connectivity index (χ3n) is 2.26. The van der Waals surface area contributed by atoms with Gasteiger partial charge in [0.25, 0.3) is 0 Å². The van der Waals surface area contributed by atoms with Gasteiger partial charge in [0.2, 0.25) is 0 Å². The zero-order chi connectivity index (χ0) is 11.5. The predicted octanol–water partition coefficient (Wildman–Crippen LogP) is 2.01. The summed E-state index contributed by atoms with van der Waals surface area (Å²) >= 11 is 0. The van der Waals surface area contributed by atoms with Crippen molar-refractivity contribution in [1.82, 2.24) is 9.97 Å². The fourth-order valence-electron chi connectivity index (χ4n) is 1.46. The van der Waals surface area contributed by atoms with Gasteiger partial charge >= 0.3 is 0 Å². The smallest absolute Gasteiger partial charge is 0.141 e. The number of aliphatic hydroxyl groups is 1. The number of aliphatic hydroxyl groups excluding tert-OH is 1. The first-order valence-electron chi connectivity index (χ1n) is 4.88. The molecular formula is C12H11FN2O. The molecule has 82 valence electrons. The number of pyridine rings is 2. The first-order valence-corrected chi connectivity index (χ1v) is 4.88. The van der Waals surface area contributed by atoms with Crippen molar-refractivity contribution in [3.8, 4) is 0 Å². The highest BCUT2D eigenvalue weighted by molar-refractivity contribution is 5.25. The Morgan fingerprint density at radius 1 is 1.31 bits per heavy atom. The van der Waals surface area contributed by atoms with Crippen LogP contribution >= 0.6 is 0 Å². The number of aryl methyl sites for hydroxylation is 1. The van der Waals surface area contributed by atoms with Crippen LogP contribution in [-0.2, 0) is 0 Å². The van der Waals surface area contributed by atoms with E-state index in [1.165, 1.54) is 12.3 Å². The van der Waals surface area contributed by atoms with E-state index in [0.29, 0.717) is 11.3 Å². The van der Waals surface area contributed by atoms with Crippen molar-refractivity contribution in [2.24, 2.45) is 0 Å². The van der Waals surface area contributed by atoms with Crippen LogP contribution in [0.15, 0.2) is 36.8 Å². The van der Waals surface area contributed by atoms with E-state index in [1.807, 2.05) is 13.0 Å². The number of hydrogen-bond donors (Lipinski definition) is 1. The minimum atomic E-state index is -0.942. The van der Waals surface area contributed by atoms with Gasteiger partial charge < -0.3 is 5.11 Å². The normalized spacial score (nSPS) is 12.4. The highest BCUT2D eigenvalue weighted by Crippen LogP contribution is 2.20. The maximum absolute atomic E-state index is 12.9. The third-order valence-corrected chi connectivity index (χ3v) is 2.26. The number of nitrogens with zero attached hydrogens (tertiary/aromatic N) is 2. The van der Waals surface area contributed by atoms with E-state index in [9.17, 15) is 9.50 Å². The topological polar surface area (TPSA) is 46.0 Å². The molecule has 0 bridgehead atoms. The van der Waals surface area contributed by atoms with Crippen LogP contribution < -0.4 is 0 Å². The Labute approximate surface area is 92.6 Å². The lowest BCUT2D eigenvalue weighted by atomic mass is 10.1. The maximum Gasteiger partial charge on any atom is 0.141 e. The van der Waals surface area contributed by atoms with Crippen molar-refractivity contribution in [3.63, 3.8) is 0 Å². The Bertz CT molecular complexity index is 456. The number of halogens is 1. The Morgan fingerprint density at radius 2 is 2.12 bits per heavy atom. The zero-order valence-electron chi connectivity index (χ0n) is 8.76. The summed E-state index contributed by atoms with van der Waals surface area (Å²) in [4.78, 5) is 7.74. The lowest BCUT2D eigenvalue weighted by Crippen LogP contribution is -2.03. The van der Waals surface area contributed by atoms with Gasteiger partial charge in [-0.2, -0.15) is 0 Å². The molecule has 2 aromatic rings. The molecule has 1 atom stereocenters. The summed E-state index contributed by atoms with van der Waals surface area (Å²) in [5, 5.41) is 9.97. The monoisotopic (exact) mass is 218 g/mol. The van der Waals surface area contributed by atoms with Crippen LogP contribution in [0.2, 0.25) is 0 Å². The lowest BCUT2D eigenvalue weighted by molar-refractivity contribution is 0.214.